The first-order valence-corrected chi connectivity index (χ1v) is 5.52. The number of methoxy groups -OCH3 is 1. The third kappa shape index (κ3) is 3.57. The standard InChI is InChI=1S/C11H16ClN3O2/c1-7(6-17-3)15(2)11(16)8-4-9(12)14-10(13)5-8/h4-5,7H,6H2,1-3H3,(H2,13,14). The lowest BCUT2D eigenvalue weighted by Crippen LogP contribution is -2.37. The van der Waals surface area contributed by atoms with Gasteiger partial charge in [-0.1, -0.05) is 11.6 Å². The number of nitrogen functional groups attached to an aromatic ring is 1. The Kier molecular flexibility index (Phi) is 4.72. The molecular weight excluding hydrogens is 242 g/mol. The summed E-state index contributed by atoms with van der Waals surface area (Å²) in [4.78, 5) is 17.5. The van der Waals surface area contributed by atoms with Crippen LogP contribution in [-0.2, 0) is 4.74 Å². The summed E-state index contributed by atoms with van der Waals surface area (Å²) in [5.41, 5.74) is 5.97. The number of nitrogens with two attached hydrogens (primary N) is 1. The van der Waals surface area contributed by atoms with E-state index in [1.54, 1.807) is 19.1 Å². The van der Waals surface area contributed by atoms with Crippen molar-refractivity contribution < 1.29 is 9.53 Å². The third-order valence-corrected chi connectivity index (χ3v) is 2.64. The van der Waals surface area contributed by atoms with Gasteiger partial charge in [0.2, 0.25) is 0 Å². The maximum atomic E-state index is 12.1. The van der Waals surface area contributed by atoms with Gasteiger partial charge in [0.15, 0.2) is 0 Å². The van der Waals surface area contributed by atoms with Crippen molar-refractivity contribution >= 4 is 23.3 Å². The zero-order valence-corrected chi connectivity index (χ0v) is 10.9. The Balaban J connectivity index is 2.88. The fraction of sp³-hybridized carbons (Fsp3) is 0.455. The molecule has 0 spiro atoms. The summed E-state index contributed by atoms with van der Waals surface area (Å²) in [7, 11) is 3.30. The van der Waals surface area contributed by atoms with Crippen LogP contribution in [0.2, 0.25) is 5.15 Å². The molecule has 1 unspecified atom stereocenters. The number of anilines is 1. The van der Waals surface area contributed by atoms with Crippen LogP contribution < -0.4 is 5.73 Å². The number of aromatic nitrogens is 1. The summed E-state index contributed by atoms with van der Waals surface area (Å²) in [6, 6.07) is 2.97. The lowest BCUT2D eigenvalue weighted by atomic mass is 10.2. The van der Waals surface area contributed by atoms with Crippen molar-refractivity contribution in [3.8, 4) is 0 Å². The first-order chi connectivity index (χ1) is 7.95. The van der Waals surface area contributed by atoms with Crippen LogP contribution in [0.4, 0.5) is 5.82 Å². The summed E-state index contributed by atoms with van der Waals surface area (Å²) >= 11 is 5.75. The van der Waals surface area contributed by atoms with Crippen molar-refractivity contribution in [1.29, 1.82) is 0 Å². The number of carbonyl (C=O) groups is 1. The molecule has 0 fully saturated rings. The SMILES string of the molecule is COCC(C)N(C)C(=O)c1cc(N)nc(Cl)c1. The van der Waals surface area contributed by atoms with E-state index in [9.17, 15) is 4.79 Å². The van der Waals surface area contributed by atoms with E-state index in [2.05, 4.69) is 4.98 Å². The van der Waals surface area contributed by atoms with Gasteiger partial charge >= 0.3 is 0 Å². The molecule has 0 aromatic carbocycles. The van der Waals surface area contributed by atoms with Crippen molar-refractivity contribution in [1.82, 2.24) is 9.88 Å². The maximum Gasteiger partial charge on any atom is 0.254 e. The second-order valence-corrected chi connectivity index (χ2v) is 4.21. The largest absolute Gasteiger partial charge is 0.384 e. The number of ether oxygens (including phenoxy) is 1. The summed E-state index contributed by atoms with van der Waals surface area (Å²) in [6.07, 6.45) is 0. The van der Waals surface area contributed by atoms with Crippen molar-refractivity contribution in [2.75, 3.05) is 26.5 Å². The van der Waals surface area contributed by atoms with Gasteiger partial charge in [-0.25, -0.2) is 4.98 Å². The molecule has 94 valence electrons. The number of pyridine rings is 1. The van der Waals surface area contributed by atoms with Crippen LogP contribution in [0, 0.1) is 0 Å². The predicted molar refractivity (Wildman–Crippen MR) is 67.1 cm³/mol. The molecule has 0 aliphatic rings. The lowest BCUT2D eigenvalue weighted by molar-refractivity contribution is 0.0633. The molecular formula is C11H16ClN3O2. The van der Waals surface area contributed by atoms with Gasteiger partial charge in [0.25, 0.3) is 5.91 Å². The molecule has 5 nitrogen and oxygen atoms in total. The molecule has 2 N–H and O–H groups in total. The predicted octanol–water partition coefficient (Wildman–Crippen LogP) is 1.42. The molecule has 1 aromatic rings. The molecule has 1 heterocycles. The first-order valence-electron chi connectivity index (χ1n) is 5.15. The third-order valence-electron chi connectivity index (χ3n) is 2.45. The Hall–Kier alpha value is -1.33. The molecule has 0 saturated carbocycles. The van der Waals surface area contributed by atoms with Crippen LogP contribution in [0.3, 0.4) is 0 Å². The highest BCUT2D eigenvalue weighted by Gasteiger charge is 2.18. The number of rotatable bonds is 4. The fourth-order valence-electron chi connectivity index (χ4n) is 1.40. The number of halogens is 1. The number of nitrogens with zero attached hydrogens (tertiary/aromatic N) is 2. The minimum Gasteiger partial charge on any atom is -0.384 e. The van der Waals surface area contributed by atoms with Gasteiger partial charge in [-0.2, -0.15) is 0 Å². The van der Waals surface area contributed by atoms with E-state index in [0.29, 0.717) is 12.2 Å². The molecule has 6 heteroatoms. The highest BCUT2D eigenvalue weighted by molar-refractivity contribution is 6.29. The van der Waals surface area contributed by atoms with Gasteiger partial charge in [-0.15, -0.1) is 0 Å². The van der Waals surface area contributed by atoms with E-state index in [-0.39, 0.29) is 22.9 Å². The van der Waals surface area contributed by atoms with Crippen LogP contribution in [0.15, 0.2) is 12.1 Å². The minimum atomic E-state index is -0.162. The van der Waals surface area contributed by atoms with Gasteiger partial charge < -0.3 is 15.4 Å². The molecule has 1 rings (SSSR count). The van der Waals surface area contributed by atoms with E-state index in [1.165, 1.54) is 12.1 Å². The number of hydrogen-bond acceptors (Lipinski definition) is 4. The first kappa shape index (κ1) is 13.7. The summed E-state index contributed by atoms with van der Waals surface area (Å²) in [6.45, 7) is 2.37. The van der Waals surface area contributed by atoms with E-state index in [0.717, 1.165) is 0 Å². The normalized spacial score (nSPS) is 12.2. The number of hydrogen-bond donors (Lipinski definition) is 1. The van der Waals surface area contributed by atoms with Crippen molar-refractivity contribution in [3.63, 3.8) is 0 Å². The summed E-state index contributed by atoms with van der Waals surface area (Å²) < 4.78 is 5.00. The highest BCUT2D eigenvalue weighted by atomic mass is 35.5. The molecule has 0 bridgehead atoms. The minimum absolute atomic E-state index is 0.0272. The lowest BCUT2D eigenvalue weighted by Gasteiger charge is -2.24. The zero-order chi connectivity index (χ0) is 13.0. The van der Waals surface area contributed by atoms with Crippen LogP contribution >= 0.6 is 11.6 Å². The summed E-state index contributed by atoms with van der Waals surface area (Å²) in [5.74, 6) is 0.0687. The van der Waals surface area contributed by atoms with Crippen LogP contribution in [-0.4, -0.2) is 42.6 Å². The topological polar surface area (TPSA) is 68.5 Å². The van der Waals surface area contributed by atoms with Gasteiger partial charge in [0, 0.05) is 19.7 Å². The second kappa shape index (κ2) is 5.84. The molecule has 0 aliphatic heterocycles. The van der Waals surface area contributed by atoms with Crippen LogP contribution in [0.1, 0.15) is 17.3 Å². The Labute approximate surface area is 106 Å². The zero-order valence-electron chi connectivity index (χ0n) is 10.1. The summed E-state index contributed by atoms with van der Waals surface area (Å²) in [5, 5.41) is 0.209. The Morgan fingerprint density at radius 1 is 1.65 bits per heavy atom. The molecule has 17 heavy (non-hydrogen) atoms. The Morgan fingerprint density at radius 2 is 2.29 bits per heavy atom. The van der Waals surface area contributed by atoms with Crippen molar-refractivity contribution in [3.05, 3.63) is 22.8 Å². The number of likely N-dealkylation sites (N-methyl/N-ethyl adjacent to an activating group) is 1. The van der Waals surface area contributed by atoms with Gasteiger partial charge in [0.05, 0.1) is 12.6 Å². The second-order valence-electron chi connectivity index (χ2n) is 3.82. The van der Waals surface area contributed by atoms with Gasteiger partial charge in [-0.05, 0) is 19.1 Å². The smallest absolute Gasteiger partial charge is 0.254 e. The highest BCUT2D eigenvalue weighted by Crippen LogP contribution is 2.14. The van der Waals surface area contributed by atoms with E-state index in [4.69, 9.17) is 22.1 Å². The fourth-order valence-corrected chi connectivity index (χ4v) is 1.61. The molecule has 0 radical (unpaired) electrons. The monoisotopic (exact) mass is 257 g/mol. The molecule has 1 atom stereocenters. The number of amides is 1. The van der Waals surface area contributed by atoms with E-state index < -0.39 is 0 Å². The Bertz CT molecular complexity index is 391. The Morgan fingerprint density at radius 3 is 2.82 bits per heavy atom. The van der Waals surface area contributed by atoms with Gasteiger partial charge in [0.1, 0.15) is 11.0 Å². The average molecular weight is 258 g/mol. The van der Waals surface area contributed by atoms with Crippen molar-refractivity contribution in [2.45, 2.75) is 13.0 Å². The molecule has 0 aliphatic carbocycles. The average Bonchev–Trinajstić information content (AvgIpc) is 2.26. The molecule has 1 amide bonds. The van der Waals surface area contributed by atoms with Gasteiger partial charge in [-0.3, -0.25) is 4.79 Å². The molecule has 1 aromatic heterocycles. The quantitative estimate of drug-likeness (QED) is 0.829. The van der Waals surface area contributed by atoms with E-state index in [1.807, 2.05) is 6.92 Å². The maximum absolute atomic E-state index is 12.1. The number of carbonyl (C=O) groups excluding carboxylic acids is 1. The van der Waals surface area contributed by atoms with Crippen LogP contribution in [0.5, 0.6) is 0 Å². The van der Waals surface area contributed by atoms with Crippen molar-refractivity contribution in [2.24, 2.45) is 0 Å². The van der Waals surface area contributed by atoms with E-state index >= 15 is 0 Å². The van der Waals surface area contributed by atoms with Crippen LogP contribution in [0.25, 0.3) is 0 Å². The molecule has 0 saturated heterocycles.